The number of carbonyl (C=O) groups excluding carboxylic acids is 1. The minimum absolute atomic E-state index is 0.0576. The molecular weight excluding hydrogens is 216 g/mol. The Labute approximate surface area is 102 Å². The highest BCUT2D eigenvalue weighted by molar-refractivity contribution is 5.77. The van der Waals surface area contributed by atoms with Crippen molar-refractivity contribution >= 4 is 5.91 Å². The van der Waals surface area contributed by atoms with Crippen molar-refractivity contribution in [3.05, 3.63) is 30.3 Å². The van der Waals surface area contributed by atoms with E-state index < -0.39 is 0 Å². The Hall–Kier alpha value is -1.55. The van der Waals surface area contributed by atoms with Crippen molar-refractivity contribution in [1.29, 1.82) is 0 Å². The van der Waals surface area contributed by atoms with Crippen molar-refractivity contribution in [1.82, 2.24) is 10.2 Å². The van der Waals surface area contributed by atoms with Crippen molar-refractivity contribution in [2.75, 3.05) is 26.2 Å². The zero-order chi connectivity index (χ0) is 12.1. The number of piperazine rings is 1. The standard InChI is InChI=1S/C13H18N2O2/c1-11-9-15(8-7-14-11)13(16)10-17-12-5-3-2-4-6-12/h2-6,11,14H,7-10H2,1H3/t11-/m0/s1. The van der Waals surface area contributed by atoms with E-state index >= 15 is 0 Å². The van der Waals surface area contributed by atoms with Gasteiger partial charge in [0.1, 0.15) is 5.75 Å². The summed E-state index contributed by atoms with van der Waals surface area (Å²) in [6.45, 7) is 4.59. The molecule has 0 saturated carbocycles. The molecule has 0 spiro atoms. The Morgan fingerprint density at radius 3 is 2.94 bits per heavy atom. The number of ether oxygens (including phenoxy) is 1. The molecule has 1 N–H and O–H groups in total. The van der Waals surface area contributed by atoms with Crippen LogP contribution in [-0.4, -0.2) is 43.1 Å². The Balaban J connectivity index is 1.81. The Bertz CT molecular complexity index is 367. The summed E-state index contributed by atoms with van der Waals surface area (Å²) in [5.74, 6) is 0.797. The van der Waals surface area contributed by atoms with Crippen LogP contribution in [0.25, 0.3) is 0 Å². The molecule has 1 fully saturated rings. The second kappa shape index (κ2) is 5.68. The number of hydrogen-bond donors (Lipinski definition) is 1. The van der Waals surface area contributed by atoms with Gasteiger partial charge in [0.2, 0.25) is 0 Å². The zero-order valence-corrected chi connectivity index (χ0v) is 10.1. The monoisotopic (exact) mass is 234 g/mol. The molecule has 1 aliphatic rings. The molecule has 1 saturated heterocycles. The van der Waals surface area contributed by atoms with Gasteiger partial charge in [-0.2, -0.15) is 0 Å². The van der Waals surface area contributed by atoms with Gasteiger partial charge in [-0.05, 0) is 19.1 Å². The summed E-state index contributed by atoms with van der Waals surface area (Å²) >= 11 is 0. The van der Waals surface area contributed by atoms with Crippen LogP contribution in [0.5, 0.6) is 5.75 Å². The van der Waals surface area contributed by atoms with Crippen molar-refractivity contribution in [2.45, 2.75) is 13.0 Å². The van der Waals surface area contributed by atoms with Gasteiger partial charge >= 0.3 is 0 Å². The van der Waals surface area contributed by atoms with Crippen molar-refractivity contribution in [2.24, 2.45) is 0 Å². The van der Waals surface area contributed by atoms with Gasteiger partial charge in [0.25, 0.3) is 5.91 Å². The maximum Gasteiger partial charge on any atom is 0.260 e. The van der Waals surface area contributed by atoms with Crippen LogP contribution in [0.1, 0.15) is 6.92 Å². The fraction of sp³-hybridized carbons (Fsp3) is 0.462. The number of nitrogens with zero attached hydrogens (tertiary/aromatic N) is 1. The minimum Gasteiger partial charge on any atom is -0.484 e. The quantitative estimate of drug-likeness (QED) is 0.844. The molecular formula is C13H18N2O2. The van der Waals surface area contributed by atoms with E-state index in [4.69, 9.17) is 4.74 Å². The van der Waals surface area contributed by atoms with Crippen molar-refractivity contribution in [3.63, 3.8) is 0 Å². The van der Waals surface area contributed by atoms with E-state index in [2.05, 4.69) is 12.2 Å². The van der Waals surface area contributed by atoms with E-state index in [9.17, 15) is 4.79 Å². The van der Waals surface area contributed by atoms with Gasteiger partial charge in [-0.25, -0.2) is 0 Å². The van der Waals surface area contributed by atoms with Crippen molar-refractivity contribution in [3.8, 4) is 5.75 Å². The topological polar surface area (TPSA) is 41.6 Å². The molecule has 0 aliphatic carbocycles. The second-order valence-electron chi connectivity index (χ2n) is 4.30. The summed E-state index contributed by atoms with van der Waals surface area (Å²) in [5, 5.41) is 3.31. The highest BCUT2D eigenvalue weighted by Gasteiger charge is 2.20. The van der Waals surface area contributed by atoms with Crippen LogP contribution in [0, 0.1) is 0 Å². The van der Waals surface area contributed by atoms with E-state index in [1.165, 1.54) is 0 Å². The lowest BCUT2D eigenvalue weighted by atomic mass is 10.2. The molecule has 17 heavy (non-hydrogen) atoms. The smallest absolute Gasteiger partial charge is 0.260 e. The zero-order valence-electron chi connectivity index (χ0n) is 10.1. The highest BCUT2D eigenvalue weighted by Crippen LogP contribution is 2.08. The summed E-state index contributed by atoms with van der Waals surface area (Å²) in [6.07, 6.45) is 0. The first-order valence-electron chi connectivity index (χ1n) is 5.95. The number of hydrogen-bond acceptors (Lipinski definition) is 3. The van der Waals surface area contributed by atoms with Crippen LogP contribution in [0.15, 0.2) is 30.3 Å². The summed E-state index contributed by atoms with van der Waals surface area (Å²) < 4.78 is 5.44. The van der Waals surface area contributed by atoms with Gasteiger partial charge < -0.3 is 15.0 Å². The van der Waals surface area contributed by atoms with Gasteiger partial charge in [-0.3, -0.25) is 4.79 Å². The molecule has 0 unspecified atom stereocenters. The third-order valence-corrected chi connectivity index (χ3v) is 2.83. The largest absolute Gasteiger partial charge is 0.484 e. The van der Waals surface area contributed by atoms with Crippen LogP contribution in [0.2, 0.25) is 0 Å². The number of rotatable bonds is 3. The Morgan fingerprint density at radius 2 is 2.24 bits per heavy atom. The van der Waals surface area contributed by atoms with E-state index in [-0.39, 0.29) is 12.5 Å². The molecule has 0 aromatic heterocycles. The molecule has 1 atom stereocenters. The van der Waals surface area contributed by atoms with Gasteiger partial charge in [-0.1, -0.05) is 18.2 Å². The third kappa shape index (κ3) is 3.46. The fourth-order valence-electron chi connectivity index (χ4n) is 1.91. The van der Waals surface area contributed by atoms with Crippen molar-refractivity contribution < 1.29 is 9.53 Å². The predicted octanol–water partition coefficient (Wildman–Crippen LogP) is 0.886. The first-order valence-corrected chi connectivity index (χ1v) is 5.95. The SMILES string of the molecule is C[C@H]1CN(C(=O)COc2ccccc2)CCN1. The maximum absolute atomic E-state index is 11.9. The van der Waals surface area contributed by atoms with E-state index in [1.807, 2.05) is 35.2 Å². The lowest BCUT2D eigenvalue weighted by molar-refractivity contribution is -0.134. The third-order valence-electron chi connectivity index (χ3n) is 2.83. The Morgan fingerprint density at radius 1 is 1.47 bits per heavy atom. The first kappa shape index (κ1) is 11.9. The molecule has 1 aromatic rings. The van der Waals surface area contributed by atoms with Crippen LogP contribution in [0.3, 0.4) is 0 Å². The summed E-state index contributed by atoms with van der Waals surface area (Å²) in [4.78, 5) is 13.7. The minimum atomic E-state index is 0.0576. The van der Waals surface area contributed by atoms with Crippen LogP contribution < -0.4 is 10.1 Å². The van der Waals surface area contributed by atoms with E-state index in [0.29, 0.717) is 6.04 Å². The maximum atomic E-state index is 11.9. The second-order valence-corrected chi connectivity index (χ2v) is 4.30. The molecule has 0 radical (unpaired) electrons. The lowest BCUT2D eigenvalue weighted by Gasteiger charge is -2.31. The van der Waals surface area contributed by atoms with Crippen LogP contribution in [-0.2, 0) is 4.79 Å². The number of carbonyl (C=O) groups is 1. The van der Waals surface area contributed by atoms with Crippen LogP contribution in [0.4, 0.5) is 0 Å². The number of benzene rings is 1. The summed E-state index contributed by atoms with van der Waals surface area (Å²) in [6, 6.07) is 9.79. The predicted molar refractivity (Wildman–Crippen MR) is 66.0 cm³/mol. The first-order chi connectivity index (χ1) is 8.25. The number of para-hydroxylation sites is 1. The number of amides is 1. The Kier molecular flexibility index (Phi) is 3.98. The fourth-order valence-corrected chi connectivity index (χ4v) is 1.91. The summed E-state index contributed by atoms with van der Waals surface area (Å²) in [7, 11) is 0. The molecule has 2 rings (SSSR count). The summed E-state index contributed by atoms with van der Waals surface area (Å²) in [5.41, 5.74) is 0. The molecule has 1 aromatic carbocycles. The molecule has 1 heterocycles. The van der Waals surface area contributed by atoms with Gasteiger partial charge in [0.05, 0.1) is 0 Å². The average molecular weight is 234 g/mol. The van der Waals surface area contributed by atoms with Gasteiger partial charge in [-0.15, -0.1) is 0 Å². The van der Waals surface area contributed by atoms with Gasteiger partial charge in [0, 0.05) is 25.7 Å². The lowest BCUT2D eigenvalue weighted by Crippen LogP contribution is -2.52. The normalized spacial score (nSPS) is 20.1. The molecule has 4 nitrogen and oxygen atoms in total. The van der Waals surface area contributed by atoms with E-state index in [0.717, 1.165) is 25.4 Å². The van der Waals surface area contributed by atoms with Crippen LogP contribution >= 0.6 is 0 Å². The van der Waals surface area contributed by atoms with E-state index in [1.54, 1.807) is 0 Å². The molecule has 4 heteroatoms. The van der Waals surface area contributed by atoms with Gasteiger partial charge in [0.15, 0.2) is 6.61 Å². The molecule has 92 valence electrons. The molecule has 1 amide bonds. The molecule has 0 bridgehead atoms. The molecule has 1 aliphatic heterocycles. The average Bonchev–Trinajstić information content (AvgIpc) is 2.37. The number of nitrogens with one attached hydrogen (secondary N) is 1. The highest BCUT2D eigenvalue weighted by atomic mass is 16.5.